The number of hydrogen-bond acceptors (Lipinski definition) is 1. The fourth-order valence-corrected chi connectivity index (χ4v) is 5.31. The van der Waals surface area contributed by atoms with Gasteiger partial charge < -0.3 is 4.57 Å². The third-order valence-corrected chi connectivity index (χ3v) is 5.94. The SMILES string of the molecule is CC(C)N(C(C)C)C1(C)CC=Cc2c1c1ccccc1n2-c1ccccc1. The van der Waals surface area contributed by atoms with Crippen LogP contribution in [0.15, 0.2) is 60.7 Å². The molecular formula is C25H30N2. The Labute approximate surface area is 163 Å². The van der Waals surface area contributed by atoms with Gasteiger partial charge in [0.05, 0.1) is 11.2 Å². The lowest BCUT2D eigenvalue weighted by Gasteiger charge is -2.48. The Bertz CT molecular complexity index is 970. The van der Waals surface area contributed by atoms with E-state index in [9.17, 15) is 0 Å². The summed E-state index contributed by atoms with van der Waals surface area (Å²) < 4.78 is 2.43. The van der Waals surface area contributed by atoms with Crippen molar-refractivity contribution in [3.8, 4) is 5.69 Å². The van der Waals surface area contributed by atoms with E-state index in [1.807, 2.05) is 0 Å². The Balaban J connectivity index is 2.06. The van der Waals surface area contributed by atoms with Crippen molar-refractivity contribution in [2.24, 2.45) is 0 Å². The minimum atomic E-state index is -0.0218. The van der Waals surface area contributed by atoms with Gasteiger partial charge in [-0.2, -0.15) is 0 Å². The smallest absolute Gasteiger partial charge is 0.0538 e. The number of para-hydroxylation sites is 2. The molecule has 1 unspecified atom stereocenters. The van der Waals surface area contributed by atoms with E-state index in [2.05, 4.69) is 111 Å². The highest BCUT2D eigenvalue weighted by Gasteiger charge is 2.41. The van der Waals surface area contributed by atoms with Gasteiger partial charge in [-0.15, -0.1) is 0 Å². The Morgan fingerprint density at radius 3 is 2.19 bits per heavy atom. The van der Waals surface area contributed by atoms with Crippen LogP contribution < -0.4 is 0 Å². The normalized spacial score (nSPS) is 19.4. The molecule has 0 N–H and O–H groups in total. The van der Waals surface area contributed by atoms with Crippen molar-refractivity contribution in [1.29, 1.82) is 0 Å². The van der Waals surface area contributed by atoms with Crippen LogP contribution in [0.3, 0.4) is 0 Å². The van der Waals surface area contributed by atoms with E-state index in [0.717, 1.165) is 6.42 Å². The molecule has 0 amide bonds. The van der Waals surface area contributed by atoms with E-state index in [1.54, 1.807) is 0 Å². The Hall–Kier alpha value is -2.32. The van der Waals surface area contributed by atoms with E-state index < -0.39 is 0 Å². The molecule has 1 aliphatic rings. The largest absolute Gasteiger partial charge is 0.310 e. The highest BCUT2D eigenvalue weighted by molar-refractivity contribution is 5.91. The molecule has 0 saturated heterocycles. The average molecular weight is 359 g/mol. The molecule has 1 aromatic heterocycles. The first-order valence-electron chi connectivity index (χ1n) is 10.1. The lowest BCUT2D eigenvalue weighted by atomic mass is 9.79. The molecule has 140 valence electrons. The third kappa shape index (κ3) is 2.74. The molecule has 1 atom stereocenters. The molecule has 27 heavy (non-hydrogen) atoms. The standard InChI is InChI=1S/C25H30N2/c1-18(2)27(19(3)4)25(5)17-11-16-23-24(25)21-14-9-10-15-22(21)26(23)20-12-7-6-8-13-20/h6-16,18-19H,17H2,1-5H3. The van der Waals surface area contributed by atoms with E-state index in [-0.39, 0.29) is 5.54 Å². The van der Waals surface area contributed by atoms with Gasteiger partial charge in [-0.05, 0) is 65.3 Å². The molecule has 2 heteroatoms. The Morgan fingerprint density at radius 2 is 1.52 bits per heavy atom. The highest BCUT2D eigenvalue weighted by atomic mass is 15.2. The van der Waals surface area contributed by atoms with Crippen LogP contribution in [0.2, 0.25) is 0 Å². The fraction of sp³-hybridized carbons (Fsp3) is 0.360. The van der Waals surface area contributed by atoms with Gasteiger partial charge in [0, 0.05) is 34.3 Å². The molecule has 0 saturated carbocycles. The monoisotopic (exact) mass is 358 g/mol. The van der Waals surface area contributed by atoms with Gasteiger partial charge in [0.15, 0.2) is 0 Å². The summed E-state index contributed by atoms with van der Waals surface area (Å²) in [7, 11) is 0. The van der Waals surface area contributed by atoms with Crippen LogP contribution in [0.5, 0.6) is 0 Å². The van der Waals surface area contributed by atoms with Crippen molar-refractivity contribution in [3.63, 3.8) is 0 Å². The van der Waals surface area contributed by atoms with Gasteiger partial charge in [0.25, 0.3) is 0 Å². The molecule has 0 bridgehead atoms. The number of aromatic nitrogens is 1. The summed E-state index contributed by atoms with van der Waals surface area (Å²) >= 11 is 0. The molecule has 2 nitrogen and oxygen atoms in total. The molecule has 3 aromatic rings. The summed E-state index contributed by atoms with van der Waals surface area (Å²) in [6.45, 7) is 11.7. The second kappa shape index (κ2) is 6.69. The number of rotatable bonds is 4. The van der Waals surface area contributed by atoms with Crippen LogP contribution in [0.25, 0.3) is 22.7 Å². The predicted octanol–water partition coefficient (Wildman–Crippen LogP) is 6.38. The quantitative estimate of drug-likeness (QED) is 0.525. The number of fused-ring (bicyclic) bond motifs is 3. The van der Waals surface area contributed by atoms with Gasteiger partial charge in [0.1, 0.15) is 0 Å². The third-order valence-electron chi connectivity index (χ3n) is 5.94. The Morgan fingerprint density at radius 1 is 0.889 bits per heavy atom. The number of benzene rings is 2. The van der Waals surface area contributed by atoms with Gasteiger partial charge in [-0.1, -0.05) is 42.5 Å². The maximum absolute atomic E-state index is 2.68. The maximum Gasteiger partial charge on any atom is 0.0538 e. The zero-order valence-electron chi connectivity index (χ0n) is 17.1. The highest BCUT2D eigenvalue weighted by Crippen LogP contribution is 2.46. The lowest BCUT2D eigenvalue weighted by Crippen LogP contribution is -2.52. The minimum Gasteiger partial charge on any atom is -0.310 e. The lowest BCUT2D eigenvalue weighted by molar-refractivity contribution is 0.0367. The van der Waals surface area contributed by atoms with Crippen LogP contribution in [0.4, 0.5) is 0 Å². The van der Waals surface area contributed by atoms with Crippen molar-refractivity contribution in [1.82, 2.24) is 9.47 Å². The van der Waals surface area contributed by atoms with Gasteiger partial charge >= 0.3 is 0 Å². The van der Waals surface area contributed by atoms with Crippen molar-refractivity contribution < 1.29 is 0 Å². The molecule has 4 rings (SSSR count). The van der Waals surface area contributed by atoms with Crippen LogP contribution in [0, 0.1) is 0 Å². The molecule has 1 aliphatic carbocycles. The van der Waals surface area contributed by atoms with Gasteiger partial charge in [-0.3, -0.25) is 4.90 Å². The molecule has 0 radical (unpaired) electrons. The molecule has 2 aromatic carbocycles. The zero-order chi connectivity index (χ0) is 19.2. The topological polar surface area (TPSA) is 8.17 Å². The van der Waals surface area contributed by atoms with Gasteiger partial charge in [0.2, 0.25) is 0 Å². The molecule has 0 spiro atoms. The first-order valence-corrected chi connectivity index (χ1v) is 10.1. The summed E-state index contributed by atoms with van der Waals surface area (Å²) in [5.41, 5.74) is 5.28. The first kappa shape index (κ1) is 18.1. The summed E-state index contributed by atoms with van der Waals surface area (Å²) in [5, 5.41) is 1.37. The van der Waals surface area contributed by atoms with E-state index in [4.69, 9.17) is 0 Å². The van der Waals surface area contributed by atoms with Crippen molar-refractivity contribution >= 4 is 17.0 Å². The van der Waals surface area contributed by atoms with Crippen LogP contribution in [-0.2, 0) is 5.54 Å². The molecular weight excluding hydrogens is 328 g/mol. The zero-order valence-corrected chi connectivity index (χ0v) is 17.1. The van der Waals surface area contributed by atoms with Crippen molar-refractivity contribution in [2.75, 3.05) is 0 Å². The average Bonchev–Trinajstić information content (AvgIpc) is 2.97. The second-order valence-corrected chi connectivity index (χ2v) is 8.42. The summed E-state index contributed by atoms with van der Waals surface area (Å²) in [6, 6.07) is 20.6. The predicted molar refractivity (Wildman–Crippen MR) is 116 cm³/mol. The number of nitrogens with zero attached hydrogens (tertiary/aromatic N) is 2. The second-order valence-electron chi connectivity index (χ2n) is 8.42. The summed E-state index contributed by atoms with van der Waals surface area (Å²) in [6.07, 6.45) is 5.72. The number of hydrogen-bond donors (Lipinski definition) is 0. The van der Waals surface area contributed by atoms with E-state index in [1.165, 1.54) is 27.8 Å². The molecule has 1 heterocycles. The first-order chi connectivity index (χ1) is 12.9. The van der Waals surface area contributed by atoms with Crippen molar-refractivity contribution in [2.45, 2.75) is 58.7 Å². The fourth-order valence-electron chi connectivity index (χ4n) is 5.31. The van der Waals surface area contributed by atoms with Crippen LogP contribution in [-0.4, -0.2) is 21.6 Å². The molecule has 0 fully saturated rings. The summed E-state index contributed by atoms with van der Waals surface area (Å²) in [4.78, 5) is 2.68. The maximum atomic E-state index is 2.68. The minimum absolute atomic E-state index is 0.0218. The van der Waals surface area contributed by atoms with E-state index >= 15 is 0 Å². The Kier molecular flexibility index (Phi) is 4.47. The molecule has 0 aliphatic heterocycles. The van der Waals surface area contributed by atoms with Crippen LogP contribution >= 0.6 is 0 Å². The summed E-state index contributed by atoms with van der Waals surface area (Å²) in [5.74, 6) is 0. The van der Waals surface area contributed by atoms with E-state index in [0.29, 0.717) is 12.1 Å². The van der Waals surface area contributed by atoms with Crippen LogP contribution in [0.1, 0.15) is 52.3 Å². The van der Waals surface area contributed by atoms with Crippen molar-refractivity contribution in [3.05, 3.63) is 71.9 Å². The van der Waals surface area contributed by atoms with Gasteiger partial charge in [-0.25, -0.2) is 0 Å².